The Morgan fingerprint density at radius 3 is 2.56 bits per heavy atom. The normalized spacial score (nSPS) is 11.5. The van der Waals surface area contributed by atoms with Gasteiger partial charge >= 0.3 is 0 Å². The molecule has 7 heteroatoms. The average molecular weight is 379 g/mol. The van der Waals surface area contributed by atoms with Crippen LogP contribution in [0.4, 0.5) is 0 Å². The molecule has 2 aromatic carbocycles. The first-order valence-electron chi connectivity index (χ1n) is 7.60. The lowest BCUT2D eigenvalue weighted by Gasteiger charge is -2.14. The number of hydrogen-bond acceptors (Lipinski definition) is 4. The summed E-state index contributed by atoms with van der Waals surface area (Å²) >= 11 is 7.36. The van der Waals surface area contributed by atoms with Crippen LogP contribution in [0.2, 0.25) is 5.02 Å². The van der Waals surface area contributed by atoms with E-state index in [4.69, 9.17) is 16.3 Å². The maximum absolute atomic E-state index is 12.2. The zero-order valence-corrected chi connectivity index (χ0v) is 15.5. The lowest BCUT2D eigenvalue weighted by molar-refractivity contribution is -0.121. The standard InChI is InChI=1S/C18H19ClN2O3S/c1-12(25-11-13-6-4-3-5-7-13)17(22)20-21-18(23)15-9-8-14(19)10-16(15)24-2/h3-10,12H,11H2,1-2H3,(H,20,22)(H,21,23). The maximum Gasteiger partial charge on any atom is 0.273 e. The largest absolute Gasteiger partial charge is 0.496 e. The number of hydrogen-bond donors (Lipinski definition) is 2. The quantitative estimate of drug-likeness (QED) is 0.756. The van der Waals surface area contributed by atoms with E-state index in [1.165, 1.54) is 31.0 Å². The summed E-state index contributed by atoms with van der Waals surface area (Å²) in [6.45, 7) is 1.79. The van der Waals surface area contributed by atoms with Crippen molar-refractivity contribution in [3.05, 3.63) is 64.7 Å². The fourth-order valence-corrected chi connectivity index (χ4v) is 3.02. The van der Waals surface area contributed by atoms with Gasteiger partial charge in [-0.15, -0.1) is 11.8 Å². The van der Waals surface area contributed by atoms with E-state index in [9.17, 15) is 9.59 Å². The summed E-state index contributed by atoms with van der Waals surface area (Å²) in [5, 5.41) is 0.149. The van der Waals surface area contributed by atoms with Gasteiger partial charge in [-0.25, -0.2) is 0 Å². The Kier molecular flexibility index (Phi) is 7.16. The predicted molar refractivity (Wildman–Crippen MR) is 101 cm³/mol. The van der Waals surface area contributed by atoms with Crippen LogP contribution >= 0.6 is 23.4 Å². The van der Waals surface area contributed by atoms with Crippen LogP contribution in [-0.4, -0.2) is 24.2 Å². The minimum absolute atomic E-state index is 0.276. The molecule has 2 N–H and O–H groups in total. The topological polar surface area (TPSA) is 67.4 Å². The Morgan fingerprint density at radius 1 is 1.16 bits per heavy atom. The van der Waals surface area contributed by atoms with Crippen molar-refractivity contribution >= 4 is 35.2 Å². The summed E-state index contributed by atoms with van der Waals surface area (Å²) < 4.78 is 5.13. The average Bonchev–Trinajstić information content (AvgIpc) is 2.64. The van der Waals surface area contributed by atoms with E-state index in [1.54, 1.807) is 13.0 Å². The molecule has 1 unspecified atom stereocenters. The van der Waals surface area contributed by atoms with Gasteiger partial charge < -0.3 is 4.74 Å². The van der Waals surface area contributed by atoms with Gasteiger partial charge in [0, 0.05) is 10.8 Å². The number of ether oxygens (including phenoxy) is 1. The predicted octanol–water partition coefficient (Wildman–Crippen LogP) is 3.43. The van der Waals surface area contributed by atoms with Crippen molar-refractivity contribution in [2.75, 3.05) is 7.11 Å². The molecular weight excluding hydrogens is 360 g/mol. The molecule has 0 aliphatic rings. The molecule has 1 atom stereocenters. The summed E-state index contributed by atoms with van der Waals surface area (Å²) in [5.41, 5.74) is 6.26. The number of methoxy groups -OCH3 is 1. The maximum atomic E-state index is 12.2. The lowest BCUT2D eigenvalue weighted by atomic mass is 10.2. The second kappa shape index (κ2) is 9.34. The Balaban J connectivity index is 1.85. The third-order valence-corrected chi connectivity index (χ3v) is 4.87. The van der Waals surface area contributed by atoms with Gasteiger partial charge in [0.2, 0.25) is 0 Å². The van der Waals surface area contributed by atoms with Gasteiger partial charge in [0.15, 0.2) is 0 Å². The molecule has 0 aliphatic carbocycles. The van der Waals surface area contributed by atoms with Crippen LogP contribution < -0.4 is 15.6 Å². The third-order valence-electron chi connectivity index (χ3n) is 3.42. The number of carbonyl (C=O) groups is 2. The molecule has 0 heterocycles. The second-order valence-electron chi connectivity index (χ2n) is 5.23. The van der Waals surface area contributed by atoms with E-state index in [2.05, 4.69) is 10.9 Å². The van der Waals surface area contributed by atoms with Gasteiger partial charge in [-0.1, -0.05) is 41.9 Å². The van der Waals surface area contributed by atoms with E-state index in [0.717, 1.165) is 5.56 Å². The molecule has 2 rings (SSSR count). The minimum Gasteiger partial charge on any atom is -0.496 e. The smallest absolute Gasteiger partial charge is 0.273 e. The Morgan fingerprint density at radius 2 is 1.88 bits per heavy atom. The fraction of sp³-hybridized carbons (Fsp3) is 0.222. The molecule has 0 saturated carbocycles. The number of nitrogens with one attached hydrogen (secondary N) is 2. The van der Waals surface area contributed by atoms with Crippen molar-refractivity contribution in [3.8, 4) is 5.75 Å². The van der Waals surface area contributed by atoms with Crippen LogP contribution in [0.25, 0.3) is 0 Å². The van der Waals surface area contributed by atoms with Crippen LogP contribution in [0, 0.1) is 0 Å². The Bertz CT molecular complexity index is 740. The van der Waals surface area contributed by atoms with Crippen molar-refractivity contribution in [2.45, 2.75) is 17.9 Å². The van der Waals surface area contributed by atoms with E-state index >= 15 is 0 Å². The molecule has 5 nitrogen and oxygen atoms in total. The van der Waals surface area contributed by atoms with Crippen LogP contribution in [0.5, 0.6) is 5.75 Å². The first kappa shape index (κ1) is 19.1. The van der Waals surface area contributed by atoms with Crippen molar-refractivity contribution in [1.29, 1.82) is 0 Å². The molecule has 0 aliphatic heterocycles. The van der Waals surface area contributed by atoms with Gasteiger partial charge in [-0.2, -0.15) is 0 Å². The first-order valence-corrected chi connectivity index (χ1v) is 9.03. The number of carbonyl (C=O) groups excluding carboxylic acids is 2. The molecular formula is C18H19ClN2O3S. The highest BCUT2D eigenvalue weighted by Gasteiger charge is 2.17. The fourth-order valence-electron chi connectivity index (χ4n) is 2.01. The number of thioether (sulfide) groups is 1. The van der Waals surface area contributed by atoms with Gasteiger partial charge in [-0.05, 0) is 30.7 Å². The van der Waals surface area contributed by atoms with Gasteiger partial charge in [-0.3, -0.25) is 20.4 Å². The zero-order chi connectivity index (χ0) is 18.2. The second-order valence-corrected chi connectivity index (χ2v) is 6.99. The highest BCUT2D eigenvalue weighted by molar-refractivity contribution is 7.99. The molecule has 0 bridgehead atoms. The van der Waals surface area contributed by atoms with Crippen LogP contribution in [-0.2, 0) is 10.5 Å². The van der Waals surface area contributed by atoms with Gasteiger partial charge in [0.25, 0.3) is 11.8 Å². The summed E-state index contributed by atoms with van der Waals surface area (Å²) in [7, 11) is 1.45. The number of hydrazine groups is 1. The highest BCUT2D eigenvalue weighted by Crippen LogP contribution is 2.23. The van der Waals surface area contributed by atoms with Crippen LogP contribution in [0.15, 0.2) is 48.5 Å². The Hall–Kier alpha value is -2.18. The summed E-state index contributed by atoms with van der Waals surface area (Å²) in [6, 6.07) is 14.5. The molecule has 2 amide bonds. The molecule has 0 radical (unpaired) electrons. The number of amides is 2. The van der Waals surface area contributed by atoms with Crippen molar-refractivity contribution in [3.63, 3.8) is 0 Å². The van der Waals surface area contributed by atoms with Gasteiger partial charge in [0.1, 0.15) is 5.75 Å². The van der Waals surface area contributed by atoms with E-state index in [0.29, 0.717) is 16.5 Å². The molecule has 0 aromatic heterocycles. The van der Waals surface area contributed by atoms with Crippen LogP contribution in [0.1, 0.15) is 22.8 Å². The highest BCUT2D eigenvalue weighted by atomic mass is 35.5. The van der Waals surface area contributed by atoms with E-state index < -0.39 is 5.91 Å². The zero-order valence-electron chi connectivity index (χ0n) is 13.9. The lowest BCUT2D eigenvalue weighted by Crippen LogP contribution is -2.45. The molecule has 25 heavy (non-hydrogen) atoms. The Labute approximate surface area is 156 Å². The van der Waals surface area contributed by atoms with Gasteiger partial charge in [0.05, 0.1) is 17.9 Å². The van der Waals surface area contributed by atoms with Crippen LogP contribution in [0.3, 0.4) is 0 Å². The molecule has 2 aromatic rings. The SMILES string of the molecule is COc1cc(Cl)ccc1C(=O)NNC(=O)C(C)SCc1ccccc1. The van der Waals surface area contributed by atoms with Crippen molar-refractivity contribution < 1.29 is 14.3 Å². The number of benzene rings is 2. The van der Waals surface area contributed by atoms with Crippen molar-refractivity contribution in [2.24, 2.45) is 0 Å². The summed E-state index contributed by atoms with van der Waals surface area (Å²) in [6.07, 6.45) is 0. The monoisotopic (exact) mass is 378 g/mol. The molecule has 0 saturated heterocycles. The molecule has 0 spiro atoms. The summed E-state index contributed by atoms with van der Waals surface area (Å²) in [4.78, 5) is 24.3. The number of halogens is 1. The minimum atomic E-state index is -0.470. The third kappa shape index (κ3) is 5.69. The first-order chi connectivity index (χ1) is 12.0. The van der Waals surface area contributed by atoms with E-state index in [-0.39, 0.29) is 16.7 Å². The van der Waals surface area contributed by atoms with Crippen molar-refractivity contribution in [1.82, 2.24) is 10.9 Å². The summed E-state index contributed by atoms with van der Waals surface area (Å²) in [5.74, 6) is 0.309. The molecule has 132 valence electrons. The number of rotatable bonds is 6. The van der Waals surface area contributed by atoms with E-state index in [1.807, 2.05) is 30.3 Å². The molecule has 0 fully saturated rings.